The van der Waals surface area contributed by atoms with Crippen molar-refractivity contribution in [3.05, 3.63) is 74.7 Å². The van der Waals surface area contributed by atoms with Crippen molar-refractivity contribution in [2.24, 2.45) is 0 Å². The molecule has 0 saturated carbocycles. The van der Waals surface area contributed by atoms with Crippen molar-refractivity contribution in [1.82, 2.24) is 4.90 Å². The van der Waals surface area contributed by atoms with Gasteiger partial charge in [0.1, 0.15) is 5.75 Å². The highest BCUT2D eigenvalue weighted by molar-refractivity contribution is 8.18. The number of amides is 2. The number of carbonyl (C=O) groups excluding carboxylic acids is 2. The van der Waals surface area contributed by atoms with Crippen LogP contribution in [0.3, 0.4) is 0 Å². The van der Waals surface area contributed by atoms with Crippen LogP contribution in [0.15, 0.2) is 53.4 Å². The van der Waals surface area contributed by atoms with E-state index in [1.165, 1.54) is 12.1 Å². The summed E-state index contributed by atoms with van der Waals surface area (Å²) in [5.41, 5.74) is 0.874. The summed E-state index contributed by atoms with van der Waals surface area (Å²) in [7, 11) is 0. The number of nitrogens with zero attached hydrogens (tertiary/aromatic N) is 2. The van der Waals surface area contributed by atoms with E-state index in [0.717, 1.165) is 16.7 Å². The Bertz CT molecular complexity index is 941. The molecule has 7 nitrogen and oxygen atoms in total. The lowest BCUT2D eigenvalue weighted by Crippen LogP contribution is -2.27. The Morgan fingerprint density at radius 2 is 1.85 bits per heavy atom. The fourth-order valence-electron chi connectivity index (χ4n) is 2.66. The average Bonchev–Trinajstić information content (AvgIpc) is 2.91. The normalized spacial score (nSPS) is 15.4. The number of rotatable bonds is 6. The molecule has 0 atom stereocenters. The minimum Gasteiger partial charge on any atom is -0.493 e. The molecule has 1 aliphatic rings. The minimum absolute atomic E-state index is 0.123. The maximum atomic E-state index is 12.7. The van der Waals surface area contributed by atoms with Crippen LogP contribution in [-0.4, -0.2) is 27.6 Å². The van der Waals surface area contributed by atoms with Gasteiger partial charge in [0.25, 0.3) is 16.8 Å². The summed E-state index contributed by atoms with van der Waals surface area (Å²) in [5, 5.41) is 10.7. The van der Waals surface area contributed by atoms with Gasteiger partial charge in [-0.3, -0.25) is 24.6 Å². The maximum absolute atomic E-state index is 12.7. The molecule has 0 N–H and O–H groups in total. The lowest BCUT2D eigenvalue weighted by Gasteiger charge is -2.12. The topological polar surface area (TPSA) is 89.8 Å². The Kier molecular flexibility index (Phi) is 5.56. The fourth-order valence-corrected chi connectivity index (χ4v) is 3.49. The Morgan fingerprint density at radius 3 is 2.59 bits per heavy atom. The molecular formula is C19H16N2O5S. The van der Waals surface area contributed by atoms with Crippen LogP contribution in [0.25, 0.3) is 6.08 Å². The van der Waals surface area contributed by atoms with Crippen LogP contribution in [0.4, 0.5) is 10.5 Å². The van der Waals surface area contributed by atoms with Gasteiger partial charge in [0.15, 0.2) is 0 Å². The van der Waals surface area contributed by atoms with E-state index in [1.54, 1.807) is 30.3 Å². The lowest BCUT2D eigenvalue weighted by atomic mass is 10.1. The first-order valence-electron chi connectivity index (χ1n) is 8.20. The van der Waals surface area contributed by atoms with Gasteiger partial charge in [0.05, 0.1) is 23.0 Å². The molecule has 138 valence electrons. The molecular weight excluding hydrogens is 368 g/mol. The summed E-state index contributed by atoms with van der Waals surface area (Å²) in [6, 6.07) is 13.3. The highest BCUT2D eigenvalue weighted by Crippen LogP contribution is 2.35. The predicted molar refractivity (Wildman–Crippen MR) is 102 cm³/mol. The minimum atomic E-state index is -0.525. The Labute approximate surface area is 159 Å². The Hall–Kier alpha value is -3.13. The molecule has 2 aromatic carbocycles. The molecule has 1 fully saturated rings. The summed E-state index contributed by atoms with van der Waals surface area (Å²) in [4.78, 5) is 36.9. The largest absolute Gasteiger partial charge is 0.493 e. The average molecular weight is 384 g/mol. The third kappa shape index (κ3) is 4.01. The second-order valence-electron chi connectivity index (χ2n) is 5.62. The van der Waals surface area contributed by atoms with Gasteiger partial charge in [0, 0.05) is 17.2 Å². The number of para-hydroxylation sites is 2. The quantitative estimate of drug-likeness (QED) is 0.421. The molecule has 3 rings (SSSR count). The summed E-state index contributed by atoms with van der Waals surface area (Å²) < 4.78 is 5.54. The molecule has 0 unspecified atom stereocenters. The van der Waals surface area contributed by atoms with Crippen molar-refractivity contribution in [3.8, 4) is 5.75 Å². The number of ether oxygens (including phenoxy) is 1. The summed E-state index contributed by atoms with van der Waals surface area (Å²) >= 11 is 0.810. The molecule has 1 heterocycles. The molecule has 0 aliphatic carbocycles. The molecule has 0 spiro atoms. The first-order valence-corrected chi connectivity index (χ1v) is 9.02. The SMILES string of the molecule is CCOc1ccccc1/C=C1/SC(=O)N(Cc2ccccc2[N+](=O)[O-])C1=O. The van der Waals surface area contributed by atoms with Crippen LogP contribution in [0.2, 0.25) is 0 Å². The van der Waals surface area contributed by atoms with Crippen molar-refractivity contribution >= 4 is 34.7 Å². The zero-order chi connectivity index (χ0) is 19.4. The van der Waals surface area contributed by atoms with E-state index in [1.807, 2.05) is 19.1 Å². The third-order valence-electron chi connectivity index (χ3n) is 3.90. The van der Waals surface area contributed by atoms with Gasteiger partial charge in [-0.25, -0.2) is 0 Å². The van der Waals surface area contributed by atoms with Crippen LogP contribution in [-0.2, 0) is 11.3 Å². The molecule has 2 amide bonds. The van der Waals surface area contributed by atoms with E-state index < -0.39 is 16.1 Å². The van der Waals surface area contributed by atoms with E-state index in [2.05, 4.69) is 0 Å². The van der Waals surface area contributed by atoms with E-state index >= 15 is 0 Å². The van der Waals surface area contributed by atoms with Crippen LogP contribution in [0, 0.1) is 10.1 Å². The van der Waals surface area contributed by atoms with Crippen LogP contribution >= 0.6 is 11.8 Å². The number of hydrogen-bond acceptors (Lipinski definition) is 6. The standard InChI is InChI=1S/C19H16N2O5S/c1-2-26-16-10-6-4-7-13(16)11-17-18(22)20(19(23)27-17)12-14-8-3-5-9-15(14)21(24)25/h3-11H,2,12H2,1H3/b17-11+. The summed E-state index contributed by atoms with van der Waals surface area (Å²) in [5.74, 6) is 0.139. The molecule has 0 bridgehead atoms. The van der Waals surface area contributed by atoms with Gasteiger partial charge in [0.2, 0.25) is 0 Å². The first kappa shape index (κ1) is 18.7. The number of thioether (sulfide) groups is 1. The summed E-state index contributed by atoms with van der Waals surface area (Å²) in [6.45, 7) is 2.19. The second-order valence-corrected chi connectivity index (χ2v) is 6.62. The first-order chi connectivity index (χ1) is 13.0. The number of carbonyl (C=O) groups is 2. The van der Waals surface area contributed by atoms with Gasteiger partial charge in [-0.1, -0.05) is 36.4 Å². The van der Waals surface area contributed by atoms with Crippen molar-refractivity contribution in [2.75, 3.05) is 6.61 Å². The number of benzene rings is 2. The van der Waals surface area contributed by atoms with Crippen molar-refractivity contribution in [2.45, 2.75) is 13.5 Å². The molecule has 1 aliphatic heterocycles. The van der Waals surface area contributed by atoms with Crippen molar-refractivity contribution in [3.63, 3.8) is 0 Å². The van der Waals surface area contributed by atoms with E-state index in [9.17, 15) is 19.7 Å². The molecule has 2 aromatic rings. The Morgan fingerprint density at radius 1 is 1.15 bits per heavy atom. The van der Waals surface area contributed by atoms with E-state index in [-0.39, 0.29) is 17.1 Å². The van der Waals surface area contributed by atoms with Gasteiger partial charge in [-0.05, 0) is 30.8 Å². The van der Waals surface area contributed by atoms with Crippen molar-refractivity contribution in [1.29, 1.82) is 0 Å². The molecule has 0 radical (unpaired) electrons. The number of nitro benzene ring substituents is 1. The predicted octanol–water partition coefficient (Wildman–Crippen LogP) is 4.23. The van der Waals surface area contributed by atoms with Crippen LogP contribution < -0.4 is 4.74 Å². The highest BCUT2D eigenvalue weighted by Gasteiger charge is 2.36. The molecule has 0 aromatic heterocycles. The van der Waals surface area contributed by atoms with Gasteiger partial charge < -0.3 is 4.74 Å². The maximum Gasteiger partial charge on any atom is 0.293 e. The molecule has 8 heteroatoms. The fraction of sp³-hybridized carbons (Fsp3) is 0.158. The van der Waals surface area contributed by atoms with Crippen LogP contribution in [0.1, 0.15) is 18.1 Å². The van der Waals surface area contributed by atoms with Gasteiger partial charge in [-0.2, -0.15) is 0 Å². The van der Waals surface area contributed by atoms with E-state index in [4.69, 9.17) is 4.74 Å². The van der Waals surface area contributed by atoms with Crippen molar-refractivity contribution < 1.29 is 19.2 Å². The third-order valence-corrected chi connectivity index (χ3v) is 4.80. The smallest absolute Gasteiger partial charge is 0.293 e. The summed E-state index contributed by atoms with van der Waals surface area (Å²) in [6.07, 6.45) is 1.61. The van der Waals surface area contributed by atoms with E-state index in [0.29, 0.717) is 23.5 Å². The zero-order valence-electron chi connectivity index (χ0n) is 14.5. The van der Waals surface area contributed by atoms with Gasteiger partial charge in [-0.15, -0.1) is 0 Å². The van der Waals surface area contributed by atoms with Gasteiger partial charge >= 0.3 is 0 Å². The number of nitro groups is 1. The lowest BCUT2D eigenvalue weighted by molar-refractivity contribution is -0.385. The number of hydrogen-bond donors (Lipinski definition) is 0. The highest BCUT2D eigenvalue weighted by atomic mass is 32.2. The Balaban J connectivity index is 1.87. The number of imide groups is 1. The zero-order valence-corrected chi connectivity index (χ0v) is 15.3. The molecule has 1 saturated heterocycles. The van der Waals surface area contributed by atoms with Crippen LogP contribution in [0.5, 0.6) is 5.75 Å². The second kappa shape index (κ2) is 8.05. The monoisotopic (exact) mass is 384 g/mol. The molecule has 27 heavy (non-hydrogen) atoms.